The molecule has 5 fully saturated rings. The van der Waals surface area contributed by atoms with E-state index in [1.165, 1.54) is 31.2 Å². The number of anilines is 1. The van der Waals surface area contributed by atoms with Gasteiger partial charge in [0.05, 0.1) is 42.8 Å². The van der Waals surface area contributed by atoms with E-state index in [9.17, 15) is 5.26 Å². The van der Waals surface area contributed by atoms with E-state index in [0.717, 1.165) is 80.6 Å². The molecule has 0 aliphatic carbocycles. The molecule has 0 saturated carbocycles. The molecule has 238 valence electrons. The van der Waals surface area contributed by atoms with Crippen LogP contribution in [0.4, 0.5) is 5.82 Å². The van der Waals surface area contributed by atoms with Gasteiger partial charge in [-0.3, -0.25) is 9.80 Å². The van der Waals surface area contributed by atoms with Crippen LogP contribution in [-0.4, -0.2) is 101 Å². The van der Waals surface area contributed by atoms with E-state index in [1.54, 1.807) is 17.8 Å². The Morgan fingerprint density at radius 3 is 2.54 bits per heavy atom. The van der Waals surface area contributed by atoms with Gasteiger partial charge in [-0.15, -0.1) is 0 Å². The minimum absolute atomic E-state index is 0.375. The van der Waals surface area contributed by atoms with Crippen LogP contribution in [0.3, 0.4) is 0 Å². The lowest BCUT2D eigenvalue weighted by molar-refractivity contribution is -0.181. The number of hydrogen-bond donors (Lipinski definition) is 0. The number of rotatable bonds is 9. The Labute approximate surface area is 269 Å². The van der Waals surface area contributed by atoms with Crippen LogP contribution >= 0.6 is 0 Å². The van der Waals surface area contributed by atoms with E-state index in [1.807, 2.05) is 30.7 Å². The number of nitriles is 1. The van der Waals surface area contributed by atoms with Crippen LogP contribution in [0.1, 0.15) is 36.8 Å². The van der Waals surface area contributed by atoms with Crippen LogP contribution in [0.15, 0.2) is 55.1 Å². The molecule has 5 aliphatic heterocycles. The molecule has 9 rings (SSSR count). The molecule has 9 heterocycles. The first kappa shape index (κ1) is 29.2. The average molecular weight is 621 g/mol. The monoisotopic (exact) mass is 620 g/mol. The summed E-state index contributed by atoms with van der Waals surface area (Å²) in [6.07, 6.45) is 12.9. The third kappa shape index (κ3) is 5.77. The van der Waals surface area contributed by atoms with Gasteiger partial charge in [-0.05, 0) is 55.0 Å². The van der Waals surface area contributed by atoms with Gasteiger partial charge >= 0.3 is 0 Å². The molecule has 2 bridgehead atoms. The van der Waals surface area contributed by atoms with Gasteiger partial charge in [0.25, 0.3) is 0 Å². The van der Waals surface area contributed by atoms with Gasteiger partial charge in [0, 0.05) is 81.8 Å². The first-order valence-electron chi connectivity index (χ1n) is 16.4. The van der Waals surface area contributed by atoms with E-state index in [-0.39, 0.29) is 0 Å². The molecule has 0 amide bonds. The Morgan fingerprint density at radius 1 is 1.00 bits per heavy atom. The summed E-state index contributed by atoms with van der Waals surface area (Å²) in [4.78, 5) is 16.7. The Balaban J connectivity index is 0.915. The zero-order chi connectivity index (χ0) is 31.1. The summed E-state index contributed by atoms with van der Waals surface area (Å²) in [6, 6.07) is 12.6. The Bertz CT molecular complexity index is 1710. The topological polar surface area (TPSA) is 104 Å². The molecule has 11 nitrogen and oxygen atoms in total. The Kier molecular flexibility index (Phi) is 7.72. The molecule has 4 aromatic rings. The van der Waals surface area contributed by atoms with E-state index in [0.29, 0.717) is 35.7 Å². The summed E-state index contributed by atoms with van der Waals surface area (Å²) in [6.45, 7) is 8.60. The molecule has 5 aliphatic rings. The smallest absolute Gasteiger partial charge is 0.212 e. The molecule has 4 aromatic heterocycles. The highest BCUT2D eigenvalue weighted by atomic mass is 16.5. The van der Waals surface area contributed by atoms with Crippen LogP contribution in [0.5, 0.6) is 11.6 Å². The summed E-state index contributed by atoms with van der Waals surface area (Å²) in [5.74, 6) is 2.39. The molecule has 46 heavy (non-hydrogen) atoms. The van der Waals surface area contributed by atoms with Crippen molar-refractivity contribution in [1.29, 1.82) is 5.26 Å². The Morgan fingerprint density at radius 2 is 1.83 bits per heavy atom. The minimum Gasteiger partial charge on any atom is -0.491 e. The van der Waals surface area contributed by atoms with Crippen molar-refractivity contribution < 1.29 is 14.2 Å². The molecule has 2 unspecified atom stereocenters. The number of hydrogen-bond acceptors (Lipinski definition) is 10. The van der Waals surface area contributed by atoms with Crippen LogP contribution in [0.25, 0.3) is 16.6 Å². The molecule has 0 radical (unpaired) electrons. The molecule has 5 saturated heterocycles. The van der Waals surface area contributed by atoms with Crippen molar-refractivity contribution in [2.24, 2.45) is 5.41 Å². The third-order valence-electron chi connectivity index (χ3n) is 10.4. The number of fused-ring (bicyclic) bond motifs is 3. The molecular formula is C35H40N8O3. The summed E-state index contributed by atoms with van der Waals surface area (Å²) in [7, 11) is 1.65. The van der Waals surface area contributed by atoms with Crippen LogP contribution in [0, 0.1) is 16.7 Å². The van der Waals surface area contributed by atoms with E-state index in [2.05, 4.69) is 49.1 Å². The van der Waals surface area contributed by atoms with Gasteiger partial charge in [0.15, 0.2) is 0 Å². The van der Waals surface area contributed by atoms with E-state index >= 15 is 0 Å². The zero-order valence-corrected chi connectivity index (χ0v) is 26.3. The molecule has 0 N–H and O–H groups in total. The fourth-order valence-electron chi connectivity index (χ4n) is 7.79. The lowest BCUT2D eigenvalue weighted by atomic mass is 9.78. The SMILES string of the molecule is COc1ccc(CN2CCC3(CCN(c4ccc(-c5cc(OCCN6CC7CC(C6)O7)cn6ncc(C#N)c56)cn4)CC3)C2)cn1. The number of aromatic nitrogens is 4. The number of morpholine rings is 1. The first-order chi connectivity index (χ1) is 22.6. The summed E-state index contributed by atoms with van der Waals surface area (Å²) >= 11 is 0. The molecule has 0 aromatic carbocycles. The highest BCUT2D eigenvalue weighted by molar-refractivity contribution is 5.85. The summed E-state index contributed by atoms with van der Waals surface area (Å²) < 4.78 is 18.9. The van der Waals surface area contributed by atoms with Gasteiger partial charge in [0.1, 0.15) is 24.2 Å². The highest BCUT2D eigenvalue weighted by Crippen LogP contribution is 2.42. The first-order valence-corrected chi connectivity index (χ1v) is 16.4. The van der Waals surface area contributed by atoms with Crippen molar-refractivity contribution >= 4 is 11.3 Å². The highest BCUT2D eigenvalue weighted by Gasteiger charge is 2.41. The predicted molar refractivity (Wildman–Crippen MR) is 173 cm³/mol. The molecule has 1 spiro atoms. The van der Waals surface area contributed by atoms with Gasteiger partial charge in [-0.1, -0.05) is 6.07 Å². The number of pyridine rings is 3. The number of methoxy groups -OCH3 is 1. The number of nitrogens with zero attached hydrogens (tertiary/aromatic N) is 8. The van der Waals surface area contributed by atoms with Crippen molar-refractivity contribution in [2.75, 3.05) is 64.4 Å². The molecular weight excluding hydrogens is 580 g/mol. The maximum Gasteiger partial charge on any atom is 0.212 e. The van der Waals surface area contributed by atoms with Crippen LogP contribution < -0.4 is 14.4 Å². The zero-order valence-electron chi connectivity index (χ0n) is 26.3. The fraction of sp³-hybridized carbons (Fsp3) is 0.486. The maximum absolute atomic E-state index is 9.80. The van der Waals surface area contributed by atoms with Gasteiger partial charge in [0.2, 0.25) is 5.88 Å². The average Bonchev–Trinajstić information content (AvgIpc) is 3.68. The van der Waals surface area contributed by atoms with Crippen molar-refractivity contribution in [3.8, 4) is 28.8 Å². The largest absolute Gasteiger partial charge is 0.491 e. The third-order valence-corrected chi connectivity index (χ3v) is 10.4. The molecule has 2 atom stereocenters. The standard InChI is InChI=1S/C35H40N8O3/c1-44-33-5-2-25(17-38-33)20-41-9-6-35(24-41)7-10-42(11-8-35)32-4-3-26(18-37-32)31-15-28(23-43-34(31)27(16-36)19-39-43)45-13-12-40-21-29-14-30(22-40)46-29/h2-5,15,17-19,23,29-30H,6-14,20-22,24H2,1H3. The van der Waals surface area contributed by atoms with Crippen LogP contribution in [0.2, 0.25) is 0 Å². The van der Waals surface area contributed by atoms with Crippen LogP contribution in [-0.2, 0) is 11.3 Å². The second kappa shape index (κ2) is 12.2. The lowest BCUT2D eigenvalue weighted by Gasteiger charge is -2.47. The molecule has 11 heteroatoms. The van der Waals surface area contributed by atoms with Gasteiger partial charge in [-0.2, -0.15) is 10.4 Å². The van der Waals surface area contributed by atoms with Gasteiger partial charge < -0.3 is 19.1 Å². The van der Waals surface area contributed by atoms with E-state index < -0.39 is 0 Å². The summed E-state index contributed by atoms with van der Waals surface area (Å²) in [5, 5.41) is 14.3. The number of likely N-dealkylation sites (tertiary alicyclic amines) is 1. The predicted octanol–water partition coefficient (Wildman–Crippen LogP) is 4.02. The van der Waals surface area contributed by atoms with Crippen molar-refractivity contribution in [3.05, 3.63) is 66.2 Å². The van der Waals surface area contributed by atoms with E-state index in [4.69, 9.17) is 19.2 Å². The Hall–Kier alpha value is -4.24. The summed E-state index contributed by atoms with van der Waals surface area (Å²) in [5.41, 5.74) is 4.75. The number of piperidine rings is 2. The second-order valence-electron chi connectivity index (χ2n) is 13.3. The number of ether oxygens (including phenoxy) is 3. The van der Waals surface area contributed by atoms with Crippen molar-refractivity contribution in [2.45, 2.75) is 44.4 Å². The quantitative estimate of drug-likeness (QED) is 0.273. The normalized spacial score (nSPS) is 22.6. The fourth-order valence-corrected chi connectivity index (χ4v) is 7.79. The second-order valence-corrected chi connectivity index (χ2v) is 13.3. The minimum atomic E-state index is 0.375. The van der Waals surface area contributed by atoms with Gasteiger partial charge in [-0.25, -0.2) is 14.5 Å². The van der Waals surface area contributed by atoms with Crippen molar-refractivity contribution in [3.63, 3.8) is 0 Å². The lowest BCUT2D eigenvalue weighted by Crippen LogP contribution is -2.57. The van der Waals surface area contributed by atoms with Crippen molar-refractivity contribution in [1.82, 2.24) is 29.4 Å². The maximum atomic E-state index is 9.80.